The van der Waals surface area contributed by atoms with Crippen LogP contribution >= 0.6 is 24.0 Å². The molecule has 29 heavy (non-hydrogen) atoms. The van der Waals surface area contributed by atoms with Crippen molar-refractivity contribution in [2.45, 2.75) is 65.1 Å². The first-order valence-corrected chi connectivity index (χ1v) is 11.0. The first-order chi connectivity index (χ1) is 13.5. The Morgan fingerprint density at radius 1 is 1.31 bits per heavy atom. The number of halogens is 1. The SMILES string of the molecule is CCN=C(NC(C)c1cccc(N2CCCC2)c1)NC1C2CCOC2C1(C)C.I. The van der Waals surface area contributed by atoms with Gasteiger partial charge in [-0.15, -0.1) is 24.0 Å². The molecule has 162 valence electrons. The highest BCUT2D eigenvalue weighted by Gasteiger charge is 2.59. The fraction of sp³-hybridized carbons (Fsp3) is 0.696. The number of nitrogens with zero attached hydrogens (tertiary/aromatic N) is 2. The molecule has 0 spiro atoms. The predicted molar refractivity (Wildman–Crippen MR) is 131 cm³/mol. The third-order valence-electron chi connectivity index (χ3n) is 6.90. The van der Waals surface area contributed by atoms with Crippen LogP contribution in [0.4, 0.5) is 5.69 Å². The van der Waals surface area contributed by atoms with Gasteiger partial charge in [-0.1, -0.05) is 26.0 Å². The van der Waals surface area contributed by atoms with E-state index in [1.54, 1.807) is 0 Å². The predicted octanol–water partition coefficient (Wildman–Crippen LogP) is 4.33. The zero-order chi connectivity index (χ0) is 19.7. The summed E-state index contributed by atoms with van der Waals surface area (Å²) in [5, 5.41) is 7.38. The molecule has 1 saturated carbocycles. The van der Waals surface area contributed by atoms with Gasteiger partial charge in [-0.2, -0.15) is 0 Å². The Morgan fingerprint density at radius 3 is 2.79 bits per heavy atom. The molecular weight excluding hydrogens is 475 g/mol. The van der Waals surface area contributed by atoms with Gasteiger partial charge in [0.2, 0.25) is 0 Å². The van der Waals surface area contributed by atoms with E-state index in [0.29, 0.717) is 18.1 Å². The summed E-state index contributed by atoms with van der Waals surface area (Å²) in [5.41, 5.74) is 2.80. The van der Waals surface area contributed by atoms with Crippen LogP contribution < -0.4 is 15.5 Å². The van der Waals surface area contributed by atoms with Gasteiger partial charge in [0.25, 0.3) is 0 Å². The van der Waals surface area contributed by atoms with E-state index in [9.17, 15) is 0 Å². The molecule has 4 atom stereocenters. The molecule has 4 rings (SSSR count). The smallest absolute Gasteiger partial charge is 0.191 e. The van der Waals surface area contributed by atoms with Crippen molar-refractivity contribution in [1.82, 2.24) is 10.6 Å². The summed E-state index contributed by atoms with van der Waals surface area (Å²) in [7, 11) is 0. The Labute approximate surface area is 193 Å². The number of benzene rings is 1. The maximum atomic E-state index is 5.95. The average Bonchev–Trinajstić information content (AvgIpc) is 3.37. The Bertz CT molecular complexity index is 717. The molecule has 3 fully saturated rings. The van der Waals surface area contributed by atoms with Crippen molar-refractivity contribution in [2.75, 3.05) is 31.1 Å². The zero-order valence-corrected chi connectivity index (χ0v) is 20.6. The van der Waals surface area contributed by atoms with Crippen molar-refractivity contribution >= 4 is 35.6 Å². The van der Waals surface area contributed by atoms with Gasteiger partial charge in [0.1, 0.15) is 0 Å². The van der Waals surface area contributed by atoms with E-state index in [1.807, 2.05) is 0 Å². The van der Waals surface area contributed by atoms with E-state index in [-0.39, 0.29) is 35.4 Å². The second-order valence-corrected chi connectivity index (χ2v) is 9.17. The Hall–Kier alpha value is -1.02. The van der Waals surface area contributed by atoms with Gasteiger partial charge < -0.3 is 20.3 Å². The summed E-state index contributed by atoms with van der Waals surface area (Å²) in [5.74, 6) is 1.53. The minimum Gasteiger partial charge on any atom is -0.377 e. The van der Waals surface area contributed by atoms with Gasteiger partial charge in [0.05, 0.1) is 12.1 Å². The van der Waals surface area contributed by atoms with Crippen molar-refractivity contribution in [3.05, 3.63) is 29.8 Å². The van der Waals surface area contributed by atoms with Crippen molar-refractivity contribution in [3.8, 4) is 0 Å². The van der Waals surface area contributed by atoms with E-state index >= 15 is 0 Å². The lowest BCUT2D eigenvalue weighted by Crippen LogP contribution is -2.68. The van der Waals surface area contributed by atoms with Crippen LogP contribution in [0.25, 0.3) is 0 Å². The highest BCUT2D eigenvalue weighted by atomic mass is 127. The topological polar surface area (TPSA) is 48.9 Å². The lowest BCUT2D eigenvalue weighted by Gasteiger charge is -2.55. The van der Waals surface area contributed by atoms with Gasteiger partial charge >= 0.3 is 0 Å². The third-order valence-corrected chi connectivity index (χ3v) is 6.90. The second kappa shape index (κ2) is 9.41. The van der Waals surface area contributed by atoms with Crippen LogP contribution in [0.1, 0.15) is 58.6 Å². The van der Waals surface area contributed by atoms with E-state index in [4.69, 9.17) is 9.73 Å². The summed E-state index contributed by atoms with van der Waals surface area (Å²) >= 11 is 0. The molecule has 1 aromatic carbocycles. The van der Waals surface area contributed by atoms with E-state index in [1.165, 1.54) is 37.2 Å². The highest BCUT2D eigenvalue weighted by Crippen LogP contribution is 2.52. The van der Waals surface area contributed by atoms with Crippen LogP contribution in [0.3, 0.4) is 0 Å². The van der Waals surface area contributed by atoms with Crippen LogP contribution in [0, 0.1) is 11.3 Å². The Morgan fingerprint density at radius 2 is 2.07 bits per heavy atom. The summed E-state index contributed by atoms with van der Waals surface area (Å²) in [6.45, 7) is 13.0. The van der Waals surface area contributed by atoms with Gasteiger partial charge in [0.15, 0.2) is 5.96 Å². The summed E-state index contributed by atoms with van der Waals surface area (Å²) in [6.07, 6.45) is 4.15. The summed E-state index contributed by atoms with van der Waals surface area (Å²) < 4.78 is 5.95. The fourth-order valence-electron chi connectivity index (χ4n) is 5.31. The van der Waals surface area contributed by atoms with Crippen molar-refractivity contribution in [2.24, 2.45) is 16.3 Å². The number of ether oxygens (including phenoxy) is 1. The first-order valence-electron chi connectivity index (χ1n) is 11.0. The fourth-order valence-corrected chi connectivity index (χ4v) is 5.31. The van der Waals surface area contributed by atoms with Gasteiger partial charge in [-0.05, 0) is 50.8 Å². The zero-order valence-electron chi connectivity index (χ0n) is 18.3. The molecule has 0 radical (unpaired) electrons. The van der Waals surface area contributed by atoms with Gasteiger partial charge in [-0.3, -0.25) is 4.99 Å². The third kappa shape index (κ3) is 4.53. The molecule has 1 aliphatic carbocycles. The maximum Gasteiger partial charge on any atom is 0.191 e. The minimum absolute atomic E-state index is 0. The molecule has 2 aliphatic heterocycles. The number of anilines is 1. The number of rotatable bonds is 5. The molecule has 6 heteroatoms. The summed E-state index contributed by atoms with van der Waals surface area (Å²) in [4.78, 5) is 7.23. The average molecular weight is 512 g/mol. The van der Waals surface area contributed by atoms with Crippen molar-refractivity contribution in [3.63, 3.8) is 0 Å². The second-order valence-electron chi connectivity index (χ2n) is 9.17. The van der Waals surface area contributed by atoms with Gasteiger partial charge in [-0.25, -0.2) is 0 Å². The number of hydrogen-bond donors (Lipinski definition) is 2. The molecule has 2 saturated heterocycles. The highest BCUT2D eigenvalue weighted by molar-refractivity contribution is 14.0. The van der Waals surface area contributed by atoms with Crippen LogP contribution in [-0.2, 0) is 4.74 Å². The largest absolute Gasteiger partial charge is 0.377 e. The van der Waals surface area contributed by atoms with E-state index in [0.717, 1.165) is 25.5 Å². The summed E-state index contributed by atoms with van der Waals surface area (Å²) in [6, 6.07) is 9.59. The van der Waals surface area contributed by atoms with Gasteiger partial charge in [0, 0.05) is 49.3 Å². The normalized spacial score (nSPS) is 28.9. The number of aliphatic imine (C=N–C) groups is 1. The maximum absolute atomic E-state index is 5.95. The van der Waals surface area contributed by atoms with Crippen LogP contribution in [0.15, 0.2) is 29.3 Å². The van der Waals surface area contributed by atoms with Crippen LogP contribution in [0.5, 0.6) is 0 Å². The quantitative estimate of drug-likeness (QED) is 0.350. The number of fused-ring (bicyclic) bond motifs is 1. The van der Waals surface area contributed by atoms with E-state index < -0.39 is 0 Å². The minimum atomic E-state index is 0. The Kier molecular flexibility index (Phi) is 7.36. The molecule has 0 aromatic heterocycles. The molecule has 4 unspecified atom stereocenters. The number of nitrogens with one attached hydrogen (secondary N) is 2. The first kappa shape index (κ1) is 22.7. The Balaban J connectivity index is 0.00000240. The molecule has 0 bridgehead atoms. The molecule has 5 nitrogen and oxygen atoms in total. The molecule has 1 aromatic rings. The number of hydrogen-bond acceptors (Lipinski definition) is 3. The van der Waals surface area contributed by atoms with Crippen molar-refractivity contribution in [1.29, 1.82) is 0 Å². The lowest BCUT2D eigenvalue weighted by atomic mass is 9.57. The van der Waals surface area contributed by atoms with Crippen LogP contribution in [0.2, 0.25) is 0 Å². The monoisotopic (exact) mass is 512 g/mol. The molecule has 2 N–H and O–H groups in total. The van der Waals surface area contributed by atoms with Crippen molar-refractivity contribution < 1.29 is 4.74 Å². The van der Waals surface area contributed by atoms with Crippen LogP contribution in [-0.4, -0.2) is 44.3 Å². The molecule has 2 heterocycles. The molecular formula is C23H37IN4O. The standard InChI is InChI=1S/C23H36N4O.HI/c1-5-24-22(26-20-19-11-14-28-21(19)23(20,3)4)25-16(2)17-9-8-10-18(15-17)27-12-6-7-13-27;/h8-10,15-16,19-21H,5-7,11-14H2,1-4H3,(H2,24,25,26);1H. The van der Waals surface area contributed by atoms with E-state index in [2.05, 4.69) is 67.5 Å². The lowest BCUT2D eigenvalue weighted by molar-refractivity contribution is -0.106. The molecule has 0 amide bonds. The number of guanidine groups is 1. The molecule has 3 aliphatic rings.